The molecule has 7 heteroatoms. The van der Waals surface area contributed by atoms with Crippen LogP contribution in [0.1, 0.15) is 29.3 Å². The number of rotatable bonds is 4. The standard InChI is InChI=1S/C21H21N5OS/c1-21(9-12-28-20(22)25-21)16-4-2-3-15(13-16)19(27)24-17-5-7-18(8-6-17)26-11-10-23-14-26/h2-8,10-11,13-14H,9,12H2,1H3,(H2,22,25)(H,24,27). The molecule has 142 valence electrons. The first-order chi connectivity index (χ1) is 13.5. The van der Waals surface area contributed by atoms with Crippen molar-refractivity contribution in [2.24, 2.45) is 10.7 Å². The van der Waals surface area contributed by atoms with Crippen molar-refractivity contribution in [3.8, 4) is 5.69 Å². The molecular weight excluding hydrogens is 370 g/mol. The second kappa shape index (κ2) is 7.52. The summed E-state index contributed by atoms with van der Waals surface area (Å²) in [6, 6.07) is 15.2. The van der Waals surface area contributed by atoms with E-state index in [4.69, 9.17) is 5.73 Å². The second-order valence-corrected chi connectivity index (χ2v) is 7.99. The van der Waals surface area contributed by atoms with Crippen molar-refractivity contribution in [3.63, 3.8) is 0 Å². The van der Waals surface area contributed by atoms with Gasteiger partial charge in [-0.1, -0.05) is 23.9 Å². The van der Waals surface area contributed by atoms with E-state index in [-0.39, 0.29) is 5.91 Å². The Kier molecular flexibility index (Phi) is 4.92. The summed E-state index contributed by atoms with van der Waals surface area (Å²) in [5, 5.41) is 3.55. The van der Waals surface area contributed by atoms with Crippen LogP contribution in [0.25, 0.3) is 5.69 Å². The lowest BCUT2D eigenvalue weighted by molar-refractivity contribution is 0.102. The molecule has 28 heavy (non-hydrogen) atoms. The molecule has 0 radical (unpaired) electrons. The summed E-state index contributed by atoms with van der Waals surface area (Å²) in [4.78, 5) is 21.4. The number of carbonyl (C=O) groups excluding carboxylic acids is 1. The van der Waals surface area contributed by atoms with Gasteiger partial charge >= 0.3 is 0 Å². The van der Waals surface area contributed by atoms with Crippen molar-refractivity contribution in [3.05, 3.63) is 78.4 Å². The van der Waals surface area contributed by atoms with Gasteiger partial charge in [0.05, 0.1) is 11.9 Å². The first-order valence-corrected chi connectivity index (χ1v) is 10.0. The van der Waals surface area contributed by atoms with E-state index >= 15 is 0 Å². The highest BCUT2D eigenvalue weighted by atomic mass is 32.2. The number of nitrogens with zero attached hydrogens (tertiary/aromatic N) is 3. The van der Waals surface area contributed by atoms with Crippen molar-refractivity contribution in [2.75, 3.05) is 11.1 Å². The van der Waals surface area contributed by atoms with E-state index in [1.807, 2.05) is 59.3 Å². The Bertz CT molecular complexity index is 1010. The minimum absolute atomic E-state index is 0.150. The number of nitrogens with one attached hydrogen (secondary N) is 1. The van der Waals surface area contributed by atoms with E-state index in [2.05, 4.69) is 22.2 Å². The molecule has 3 aromatic rings. The van der Waals surface area contributed by atoms with Crippen LogP contribution in [-0.2, 0) is 5.54 Å². The fourth-order valence-corrected chi connectivity index (χ4v) is 4.20. The average molecular weight is 392 g/mol. The molecule has 0 bridgehead atoms. The number of amidine groups is 1. The maximum atomic E-state index is 12.7. The number of nitrogens with two attached hydrogens (primary N) is 1. The molecule has 1 atom stereocenters. The molecule has 3 N–H and O–H groups in total. The normalized spacial score (nSPS) is 19.1. The number of hydrogen-bond donors (Lipinski definition) is 2. The lowest BCUT2D eigenvalue weighted by Crippen LogP contribution is -2.29. The van der Waals surface area contributed by atoms with Gasteiger partial charge in [0.2, 0.25) is 0 Å². The summed E-state index contributed by atoms with van der Waals surface area (Å²) in [5.41, 5.74) is 8.85. The van der Waals surface area contributed by atoms with Gasteiger partial charge in [-0.2, -0.15) is 0 Å². The quantitative estimate of drug-likeness (QED) is 0.708. The van der Waals surface area contributed by atoms with Crippen molar-refractivity contribution in [1.29, 1.82) is 0 Å². The summed E-state index contributed by atoms with van der Waals surface area (Å²) < 4.78 is 1.91. The van der Waals surface area contributed by atoms with Crippen LogP contribution in [0, 0.1) is 0 Å². The van der Waals surface area contributed by atoms with Crippen LogP contribution < -0.4 is 11.1 Å². The molecule has 1 unspecified atom stereocenters. The van der Waals surface area contributed by atoms with E-state index in [1.165, 1.54) is 0 Å². The van der Waals surface area contributed by atoms with Crippen molar-refractivity contribution < 1.29 is 4.79 Å². The number of amides is 1. The van der Waals surface area contributed by atoms with Gasteiger partial charge in [-0.3, -0.25) is 9.79 Å². The van der Waals surface area contributed by atoms with Crippen LogP contribution in [0.4, 0.5) is 5.69 Å². The molecular formula is C21H21N5OS. The Hall–Kier alpha value is -3.06. The minimum Gasteiger partial charge on any atom is -0.379 e. The van der Waals surface area contributed by atoms with Crippen LogP contribution in [-0.4, -0.2) is 26.4 Å². The third kappa shape index (κ3) is 3.80. The maximum absolute atomic E-state index is 12.7. The first kappa shape index (κ1) is 18.3. The fraction of sp³-hybridized carbons (Fsp3) is 0.190. The zero-order valence-electron chi connectivity index (χ0n) is 15.5. The Morgan fingerprint density at radius 2 is 2.07 bits per heavy atom. The van der Waals surface area contributed by atoms with Crippen molar-refractivity contribution in [1.82, 2.24) is 9.55 Å². The smallest absolute Gasteiger partial charge is 0.255 e. The van der Waals surface area contributed by atoms with Crippen LogP contribution in [0.15, 0.2) is 72.2 Å². The summed E-state index contributed by atoms with van der Waals surface area (Å²) in [6.45, 7) is 2.06. The fourth-order valence-electron chi connectivity index (χ4n) is 3.22. The first-order valence-electron chi connectivity index (χ1n) is 9.02. The van der Waals surface area contributed by atoms with Crippen LogP contribution in [0.3, 0.4) is 0 Å². The van der Waals surface area contributed by atoms with E-state index in [9.17, 15) is 4.79 Å². The monoisotopic (exact) mass is 391 g/mol. The van der Waals surface area contributed by atoms with Gasteiger partial charge in [-0.25, -0.2) is 4.98 Å². The lowest BCUT2D eigenvalue weighted by atomic mass is 9.88. The number of thioether (sulfide) groups is 1. The number of aromatic nitrogens is 2. The van der Waals surface area contributed by atoms with Crippen molar-refractivity contribution >= 4 is 28.5 Å². The van der Waals surface area contributed by atoms with Gasteiger partial charge in [0.15, 0.2) is 5.17 Å². The van der Waals surface area contributed by atoms with Crippen LogP contribution in [0.2, 0.25) is 0 Å². The molecule has 0 saturated carbocycles. The molecule has 1 aliphatic heterocycles. The largest absolute Gasteiger partial charge is 0.379 e. The molecule has 1 aliphatic rings. The number of imidazole rings is 1. The maximum Gasteiger partial charge on any atom is 0.255 e. The summed E-state index contributed by atoms with van der Waals surface area (Å²) >= 11 is 1.57. The highest BCUT2D eigenvalue weighted by Crippen LogP contribution is 2.35. The molecule has 0 saturated heterocycles. The molecule has 4 rings (SSSR count). The van der Waals surface area contributed by atoms with Crippen LogP contribution in [0.5, 0.6) is 0 Å². The minimum atomic E-state index is -0.391. The Balaban J connectivity index is 1.52. The lowest BCUT2D eigenvalue weighted by Gasteiger charge is -2.30. The predicted octanol–water partition coefficient (Wildman–Crippen LogP) is 3.79. The Morgan fingerprint density at radius 1 is 1.25 bits per heavy atom. The number of benzene rings is 2. The highest BCUT2D eigenvalue weighted by molar-refractivity contribution is 8.13. The van der Waals surface area contributed by atoms with Gasteiger partial charge in [0, 0.05) is 35.1 Å². The molecule has 2 heterocycles. The molecule has 0 aliphatic carbocycles. The van der Waals surface area contributed by atoms with Crippen molar-refractivity contribution in [2.45, 2.75) is 18.9 Å². The van der Waals surface area contributed by atoms with Gasteiger partial charge in [0.1, 0.15) is 0 Å². The number of hydrogen-bond acceptors (Lipinski definition) is 5. The van der Waals surface area contributed by atoms with E-state index < -0.39 is 5.54 Å². The Labute approximate surface area is 167 Å². The van der Waals surface area contributed by atoms with Gasteiger partial charge in [-0.15, -0.1) is 0 Å². The van der Waals surface area contributed by atoms with E-state index in [0.717, 1.165) is 29.1 Å². The third-order valence-electron chi connectivity index (χ3n) is 4.87. The molecule has 2 aromatic carbocycles. The molecule has 1 aromatic heterocycles. The summed E-state index contributed by atoms with van der Waals surface area (Å²) in [5.74, 6) is 0.772. The van der Waals surface area contributed by atoms with Gasteiger partial charge in [-0.05, 0) is 55.3 Å². The predicted molar refractivity (Wildman–Crippen MR) is 114 cm³/mol. The van der Waals surface area contributed by atoms with E-state index in [1.54, 1.807) is 24.3 Å². The zero-order chi connectivity index (χ0) is 19.6. The summed E-state index contributed by atoms with van der Waals surface area (Å²) in [6.07, 6.45) is 6.22. The van der Waals surface area contributed by atoms with Gasteiger partial charge in [0.25, 0.3) is 5.91 Å². The topological polar surface area (TPSA) is 85.3 Å². The third-order valence-corrected chi connectivity index (χ3v) is 5.67. The van der Waals surface area contributed by atoms with E-state index in [0.29, 0.717) is 10.7 Å². The summed E-state index contributed by atoms with van der Waals surface area (Å²) in [7, 11) is 0. The molecule has 6 nitrogen and oxygen atoms in total. The highest BCUT2D eigenvalue weighted by Gasteiger charge is 2.29. The molecule has 0 fully saturated rings. The zero-order valence-corrected chi connectivity index (χ0v) is 16.3. The molecule has 1 amide bonds. The number of carbonyl (C=O) groups is 1. The Morgan fingerprint density at radius 3 is 2.79 bits per heavy atom. The SMILES string of the molecule is CC1(c2cccc(C(=O)Nc3ccc(-n4ccnc4)cc3)c2)CCSC(N)=N1. The average Bonchev–Trinajstić information content (AvgIpc) is 3.23. The molecule has 0 spiro atoms. The number of anilines is 1. The van der Waals surface area contributed by atoms with Gasteiger partial charge < -0.3 is 15.6 Å². The number of aliphatic imine (C=N–C) groups is 1. The van der Waals surface area contributed by atoms with Crippen LogP contribution >= 0.6 is 11.8 Å². The second-order valence-electron chi connectivity index (χ2n) is 6.87.